The molecule has 0 spiro atoms. The molecule has 120 valence electrons. The number of thioether (sulfide) groups is 1. The Morgan fingerprint density at radius 1 is 1.41 bits per heavy atom. The molecule has 22 heavy (non-hydrogen) atoms. The van der Waals surface area contributed by atoms with Crippen LogP contribution >= 0.6 is 11.8 Å². The van der Waals surface area contributed by atoms with Crippen molar-refractivity contribution >= 4 is 29.3 Å². The average molecular weight is 324 g/mol. The molecule has 0 aliphatic carbocycles. The van der Waals surface area contributed by atoms with E-state index in [-0.39, 0.29) is 28.8 Å². The van der Waals surface area contributed by atoms with Gasteiger partial charge in [-0.3, -0.25) is 9.59 Å². The van der Waals surface area contributed by atoms with E-state index < -0.39 is 11.9 Å². The van der Waals surface area contributed by atoms with Crippen LogP contribution in [0.1, 0.15) is 27.2 Å². The summed E-state index contributed by atoms with van der Waals surface area (Å²) in [5.41, 5.74) is 0.148. The fourth-order valence-electron chi connectivity index (χ4n) is 2.45. The largest absolute Gasteiger partial charge is 0.322 e. The molecule has 6 heteroatoms. The van der Waals surface area contributed by atoms with E-state index in [1.807, 2.05) is 20.8 Å². The zero-order chi connectivity index (χ0) is 16.3. The molecule has 2 atom stereocenters. The van der Waals surface area contributed by atoms with Crippen LogP contribution in [-0.4, -0.2) is 33.9 Å². The monoisotopic (exact) mass is 324 g/mol. The van der Waals surface area contributed by atoms with Crippen LogP contribution < -0.4 is 5.32 Å². The van der Waals surface area contributed by atoms with Gasteiger partial charge in [-0.15, -0.1) is 11.8 Å². The molecule has 0 radical (unpaired) electrons. The summed E-state index contributed by atoms with van der Waals surface area (Å²) in [6.07, 6.45) is 0.784. The number of benzene rings is 1. The van der Waals surface area contributed by atoms with Gasteiger partial charge in [0.1, 0.15) is 11.9 Å². The lowest BCUT2D eigenvalue weighted by molar-refractivity contribution is -0.140. The first-order valence-corrected chi connectivity index (χ1v) is 8.49. The van der Waals surface area contributed by atoms with Crippen LogP contribution in [0, 0.1) is 11.7 Å². The van der Waals surface area contributed by atoms with Crippen LogP contribution in [-0.2, 0) is 9.59 Å². The molecule has 2 amide bonds. The Morgan fingerprint density at radius 3 is 2.68 bits per heavy atom. The Bertz CT molecular complexity index is 565. The lowest BCUT2D eigenvalue weighted by Crippen LogP contribution is -2.49. The van der Waals surface area contributed by atoms with Crippen molar-refractivity contribution in [3.8, 4) is 0 Å². The SMILES string of the molecule is CCC1SCC(C(=O)Nc2ccccc2F)N1C(=O)C(C)C. The standard InChI is InChI=1S/C16H21FN2O2S/c1-4-14-19(16(21)10(2)3)13(9-22-14)15(20)18-12-8-6-5-7-11(12)17/h5-8,10,13-14H,4,9H2,1-3H3,(H,18,20). The molecule has 0 bridgehead atoms. The number of halogens is 1. The Morgan fingerprint density at radius 2 is 2.09 bits per heavy atom. The van der Waals surface area contributed by atoms with Crippen molar-refractivity contribution in [3.63, 3.8) is 0 Å². The molecular formula is C16H21FN2O2S. The van der Waals surface area contributed by atoms with E-state index in [0.29, 0.717) is 5.75 Å². The Balaban J connectivity index is 2.17. The summed E-state index contributed by atoms with van der Waals surface area (Å²) in [6.45, 7) is 5.64. The highest BCUT2D eigenvalue weighted by Crippen LogP contribution is 2.33. The molecule has 1 aliphatic rings. The van der Waals surface area contributed by atoms with Gasteiger partial charge in [0, 0.05) is 11.7 Å². The maximum Gasteiger partial charge on any atom is 0.248 e. The van der Waals surface area contributed by atoms with Crippen LogP contribution in [0.15, 0.2) is 24.3 Å². The normalized spacial score (nSPS) is 21.2. The highest BCUT2D eigenvalue weighted by Gasteiger charge is 2.41. The number of anilines is 1. The number of para-hydroxylation sites is 1. The van der Waals surface area contributed by atoms with Gasteiger partial charge >= 0.3 is 0 Å². The van der Waals surface area contributed by atoms with E-state index in [2.05, 4.69) is 5.32 Å². The van der Waals surface area contributed by atoms with Gasteiger partial charge in [-0.2, -0.15) is 0 Å². The maximum atomic E-state index is 13.7. The number of rotatable bonds is 4. The van der Waals surface area contributed by atoms with Gasteiger partial charge in [-0.1, -0.05) is 32.9 Å². The summed E-state index contributed by atoms with van der Waals surface area (Å²) in [5.74, 6) is -0.475. The Kier molecular flexibility index (Phi) is 5.45. The van der Waals surface area contributed by atoms with Gasteiger partial charge in [0.15, 0.2) is 0 Å². The van der Waals surface area contributed by atoms with Crippen LogP contribution in [0.5, 0.6) is 0 Å². The number of nitrogens with one attached hydrogen (secondary N) is 1. The second-order valence-corrected chi connectivity index (χ2v) is 6.79. The first-order chi connectivity index (χ1) is 10.5. The van der Waals surface area contributed by atoms with Crippen molar-refractivity contribution in [1.82, 2.24) is 4.90 Å². The summed E-state index contributed by atoms with van der Waals surface area (Å²) < 4.78 is 13.7. The molecular weight excluding hydrogens is 303 g/mol. The summed E-state index contributed by atoms with van der Waals surface area (Å²) in [5, 5.41) is 2.61. The summed E-state index contributed by atoms with van der Waals surface area (Å²) in [7, 11) is 0. The maximum absolute atomic E-state index is 13.7. The highest BCUT2D eigenvalue weighted by molar-refractivity contribution is 8.00. The molecule has 2 rings (SSSR count). The predicted molar refractivity (Wildman–Crippen MR) is 87.0 cm³/mol. The smallest absolute Gasteiger partial charge is 0.248 e. The highest BCUT2D eigenvalue weighted by atomic mass is 32.2. The second-order valence-electron chi connectivity index (χ2n) is 5.58. The van der Waals surface area contributed by atoms with Crippen LogP contribution in [0.3, 0.4) is 0 Å². The van der Waals surface area contributed by atoms with Gasteiger partial charge in [0.2, 0.25) is 11.8 Å². The van der Waals surface area contributed by atoms with Crippen molar-refractivity contribution < 1.29 is 14.0 Å². The lowest BCUT2D eigenvalue weighted by Gasteiger charge is -2.29. The van der Waals surface area contributed by atoms with E-state index >= 15 is 0 Å². The zero-order valence-corrected chi connectivity index (χ0v) is 13.8. The third-order valence-electron chi connectivity index (χ3n) is 3.62. The average Bonchev–Trinajstić information content (AvgIpc) is 2.92. The summed E-state index contributed by atoms with van der Waals surface area (Å²) in [4.78, 5) is 26.5. The summed E-state index contributed by atoms with van der Waals surface area (Å²) in [6, 6.07) is 5.49. The minimum Gasteiger partial charge on any atom is -0.322 e. The van der Waals surface area contributed by atoms with Crippen molar-refractivity contribution in [2.24, 2.45) is 5.92 Å². The van der Waals surface area contributed by atoms with E-state index in [1.54, 1.807) is 28.8 Å². The van der Waals surface area contributed by atoms with Crippen molar-refractivity contribution in [3.05, 3.63) is 30.1 Å². The molecule has 1 fully saturated rings. The van der Waals surface area contributed by atoms with Crippen LogP contribution in [0.4, 0.5) is 10.1 Å². The molecule has 1 aliphatic heterocycles. The minimum atomic E-state index is -0.551. The van der Waals surface area contributed by atoms with E-state index in [9.17, 15) is 14.0 Å². The molecule has 1 saturated heterocycles. The molecule has 2 unspecified atom stereocenters. The Hall–Kier alpha value is -1.56. The molecule has 4 nitrogen and oxygen atoms in total. The fraction of sp³-hybridized carbons (Fsp3) is 0.500. The zero-order valence-electron chi connectivity index (χ0n) is 13.0. The van der Waals surface area contributed by atoms with E-state index in [4.69, 9.17) is 0 Å². The van der Waals surface area contributed by atoms with Gasteiger partial charge < -0.3 is 10.2 Å². The molecule has 0 aromatic heterocycles. The van der Waals surface area contributed by atoms with E-state index in [0.717, 1.165) is 6.42 Å². The second kappa shape index (κ2) is 7.13. The number of hydrogen-bond acceptors (Lipinski definition) is 3. The van der Waals surface area contributed by atoms with Gasteiger partial charge in [0.25, 0.3) is 0 Å². The number of carbonyl (C=O) groups excluding carboxylic acids is 2. The third kappa shape index (κ3) is 3.43. The topological polar surface area (TPSA) is 49.4 Å². The first kappa shape index (κ1) is 16.8. The van der Waals surface area contributed by atoms with Crippen molar-refractivity contribution in [1.29, 1.82) is 0 Å². The third-order valence-corrected chi connectivity index (χ3v) is 5.08. The first-order valence-electron chi connectivity index (χ1n) is 7.44. The number of carbonyl (C=O) groups is 2. The molecule has 1 N–H and O–H groups in total. The minimum absolute atomic E-state index is 0.00581. The van der Waals surface area contributed by atoms with E-state index in [1.165, 1.54) is 12.1 Å². The number of nitrogens with zero attached hydrogens (tertiary/aromatic N) is 1. The van der Waals surface area contributed by atoms with Gasteiger partial charge in [0.05, 0.1) is 11.1 Å². The molecule has 1 heterocycles. The molecule has 0 saturated carbocycles. The van der Waals surface area contributed by atoms with Crippen molar-refractivity contribution in [2.45, 2.75) is 38.6 Å². The predicted octanol–water partition coefficient (Wildman–Crippen LogP) is 3.10. The van der Waals surface area contributed by atoms with Crippen LogP contribution in [0.25, 0.3) is 0 Å². The quantitative estimate of drug-likeness (QED) is 0.926. The number of hydrogen-bond donors (Lipinski definition) is 1. The summed E-state index contributed by atoms with van der Waals surface area (Å²) >= 11 is 1.60. The number of amides is 2. The molecule has 1 aromatic carbocycles. The lowest BCUT2D eigenvalue weighted by atomic mass is 10.1. The fourth-order valence-corrected chi connectivity index (χ4v) is 3.82. The van der Waals surface area contributed by atoms with Gasteiger partial charge in [-0.05, 0) is 18.6 Å². The van der Waals surface area contributed by atoms with Gasteiger partial charge in [-0.25, -0.2) is 4.39 Å². The molecule has 1 aromatic rings. The van der Waals surface area contributed by atoms with Crippen molar-refractivity contribution in [2.75, 3.05) is 11.1 Å². The van der Waals surface area contributed by atoms with Crippen LogP contribution in [0.2, 0.25) is 0 Å². The Labute approximate surface area is 134 Å².